The Hall–Kier alpha value is -1.56. The van der Waals surface area contributed by atoms with Crippen LogP contribution in [0.1, 0.15) is 43.9 Å². The van der Waals surface area contributed by atoms with Crippen LogP contribution in [0.25, 0.3) is 0 Å². The molecule has 2 N–H and O–H groups in total. The molecule has 0 saturated carbocycles. The number of carbonyl (C=O) groups excluding carboxylic acids is 1. The monoisotopic (exact) mass is 353 g/mol. The van der Waals surface area contributed by atoms with E-state index in [-0.39, 0.29) is 5.97 Å². The highest BCUT2D eigenvalue weighted by molar-refractivity contribution is 7.09. The first-order valence-electron chi connectivity index (χ1n) is 8.69. The summed E-state index contributed by atoms with van der Waals surface area (Å²) < 4.78 is 4.63. The van der Waals surface area contributed by atoms with Gasteiger partial charge in [0.1, 0.15) is 0 Å². The Balaban J connectivity index is 2.05. The molecule has 136 valence electrons. The first-order chi connectivity index (χ1) is 11.7. The van der Waals surface area contributed by atoms with Crippen molar-refractivity contribution in [3.63, 3.8) is 0 Å². The van der Waals surface area contributed by atoms with Gasteiger partial charge in [0.2, 0.25) is 0 Å². The first-order valence-corrected chi connectivity index (χ1v) is 9.57. The van der Waals surface area contributed by atoms with Crippen molar-refractivity contribution in [2.24, 2.45) is 10.9 Å². The summed E-state index contributed by atoms with van der Waals surface area (Å²) in [7, 11) is 3.24. The van der Waals surface area contributed by atoms with Crippen molar-refractivity contribution in [2.75, 3.05) is 27.2 Å². The van der Waals surface area contributed by atoms with Crippen molar-refractivity contribution in [1.29, 1.82) is 0 Å². The van der Waals surface area contributed by atoms with E-state index in [1.165, 1.54) is 12.0 Å². The maximum atomic E-state index is 11.0. The summed E-state index contributed by atoms with van der Waals surface area (Å²) in [4.78, 5) is 16.7. The third-order valence-electron chi connectivity index (χ3n) is 3.80. The first kappa shape index (κ1) is 20.5. The lowest BCUT2D eigenvalue weighted by molar-refractivity contribution is -0.140. The molecule has 0 amide bonds. The highest BCUT2D eigenvalue weighted by Crippen LogP contribution is 2.13. The number of hydrogen-bond donors (Lipinski definition) is 2. The van der Waals surface area contributed by atoms with Crippen LogP contribution in [0.2, 0.25) is 0 Å². The van der Waals surface area contributed by atoms with E-state index >= 15 is 0 Å². The number of nitrogens with one attached hydrogen (secondary N) is 2. The number of methoxy groups -OCH3 is 1. The normalized spacial score (nSPS) is 12.7. The van der Waals surface area contributed by atoms with Gasteiger partial charge in [0, 0.05) is 31.4 Å². The van der Waals surface area contributed by atoms with Crippen molar-refractivity contribution in [1.82, 2.24) is 10.6 Å². The summed E-state index contributed by atoms with van der Waals surface area (Å²) in [5, 5.41) is 8.86. The van der Waals surface area contributed by atoms with Gasteiger partial charge in [-0.15, -0.1) is 11.3 Å². The zero-order valence-electron chi connectivity index (χ0n) is 15.1. The topological polar surface area (TPSA) is 62.7 Å². The van der Waals surface area contributed by atoms with Gasteiger partial charge in [-0.2, -0.15) is 0 Å². The van der Waals surface area contributed by atoms with Crippen LogP contribution in [0.3, 0.4) is 0 Å². The fourth-order valence-corrected chi connectivity index (χ4v) is 3.26. The lowest BCUT2D eigenvalue weighted by atomic mass is 10.1. The predicted octanol–water partition coefficient (Wildman–Crippen LogP) is 3.22. The average Bonchev–Trinajstić information content (AvgIpc) is 3.09. The molecule has 1 aromatic heterocycles. The maximum absolute atomic E-state index is 11.0. The van der Waals surface area contributed by atoms with Gasteiger partial charge in [-0.25, -0.2) is 0 Å². The predicted molar refractivity (Wildman–Crippen MR) is 102 cm³/mol. The van der Waals surface area contributed by atoms with E-state index < -0.39 is 0 Å². The van der Waals surface area contributed by atoms with Crippen LogP contribution in [-0.4, -0.2) is 39.2 Å². The van der Waals surface area contributed by atoms with Crippen LogP contribution in [0, 0.1) is 5.92 Å². The van der Waals surface area contributed by atoms with Crippen molar-refractivity contribution in [2.45, 2.75) is 45.4 Å². The summed E-state index contributed by atoms with van der Waals surface area (Å²) in [6.07, 6.45) is 5.76. The molecular weight excluding hydrogens is 322 g/mol. The molecule has 1 rings (SSSR count). The zero-order chi connectivity index (χ0) is 17.6. The van der Waals surface area contributed by atoms with Crippen LogP contribution in [-0.2, 0) is 16.0 Å². The summed E-state index contributed by atoms with van der Waals surface area (Å²) >= 11 is 1.82. The molecule has 6 heteroatoms. The number of ether oxygens (including phenoxy) is 1. The van der Waals surface area contributed by atoms with Crippen LogP contribution < -0.4 is 10.6 Å². The average molecular weight is 354 g/mol. The van der Waals surface area contributed by atoms with Crippen molar-refractivity contribution < 1.29 is 9.53 Å². The number of carbonyl (C=O) groups is 1. The SMILES string of the molecule is CN=C(NCCCCCCC(=O)OC)NCC(C)Cc1cccs1. The maximum Gasteiger partial charge on any atom is 0.305 e. The quantitative estimate of drug-likeness (QED) is 0.277. The molecule has 0 spiro atoms. The summed E-state index contributed by atoms with van der Waals surface area (Å²) in [6, 6.07) is 4.29. The summed E-state index contributed by atoms with van der Waals surface area (Å²) in [6.45, 7) is 4.06. The van der Waals surface area contributed by atoms with Gasteiger partial charge in [-0.05, 0) is 36.6 Å². The number of hydrogen-bond acceptors (Lipinski definition) is 4. The molecule has 0 radical (unpaired) electrons. The minimum absolute atomic E-state index is 0.116. The second-order valence-electron chi connectivity index (χ2n) is 6.01. The van der Waals surface area contributed by atoms with Crippen molar-refractivity contribution >= 4 is 23.3 Å². The molecule has 24 heavy (non-hydrogen) atoms. The highest BCUT2D eigenvalue weighted by Gasteiger charge is 2.06. The number of nitrogens with zero attached hydrogens (tertiary/aromatic N) is 1. The fraction of sp³-hybridized carbons (Fsp3) is 0.667. The molecule has 1 unspecified atom stereocenters. The van der Waals surface area contributed by atoms with Gasteiger partial charge in [0.05, 0.1) is 7.11 Å². The number of guanidine groups is 1. The molecule has 0 aliphatic rings. The van der Waals surface area contributed by atoms with E-state index in [9.17, 15) is 4.79 Å². The van der Waals surface area contributed by atoms with E-state index in [2.05, 4.69) is 44.8 Å². The Morgan fingerprint density at radius 3 is 2.75 bits per heavy atom. The minimum Gasteiger partial charge on any atom is -0.469 e. The van der Waals surface area contributed by atoms with Gasteiger partial charge in [0.25, 0.3) is 0 Å². The number of aliphatic imine (C=N–C) groups is 1. The van der Waals surface area contributed by atoms with E-state index in [1.807, 2.05) is 11.3 Å². The van der Waals surface area contributed by atoms with Crippen molar-refractivity contribution in [3.8, 4) is 0 Å². The van der Waals surface area contributed by atoms with Gasteiger partial charge in [-0.3, -0.25) is 9.79 Å². The van der Waals surface area contributed by atoms with Crippen LogP contribution in [0.5, 0.6) is 0 Å². The molecule has 0 fully saturated rings. The van der Waals surface area contributed by atoms with E-state index in [0.29, 0.717) is 12.3 Å². The number of esters is 1. The van der Waals surface area contributed by atoms with Crippen LogP contribution in [0.15, 0.2) is 22.5 Å². The lowest BCUT2D eigenvalue weighted by Crippen LogP contribution is -2.40. The van der Waals surface area contributed by atoms with Gasteiger partial charge < -0.3 is 15.4 Å². The van der Waals surface area contributed by atoms with E-state index in [1.54, 1.807) is 7.05 Å². The third-order valence-corrected chi connectivity index (χ3v) is 4.70. The largest absolute Gasteiger partial charge is 0.469 e. The van der Waals surface area contributed by atoms with Gasteiger partial charge in [-0.1, -0.05) is 25.8 Å². The van der Waals surface area contributed by atoms with Crippen LogP contribution >= 0.6 is 11.3 Å². The molecule has 5 nitrogen and oxygen atoms in total. The van der Waals surface area contributed by atoms with Crippen LogP contribution in [0.4, 0.5) is 0 Å². The van der Waals surface area contributed by atoms with Gasteiger partial charge >= 0.3 is 5.97 Å². The molecule has 0 aromatic carbocycles. The molecular formula is C18H31N3O2S. The second-order valence-corrected chi connectivity index (χ2v) is 7.04. The van der Waals surface area contributed by atoms with E-state index in [4.69, 9.17) is 0 Å². The minimum atomic E-state index is -0.116. The Morgan fingerprint density at radius 1 is 1.29 bits per heavy atom. The molecule has 1 atom stereocenters. The molecule has 1 heterocycles. The zero-order valence-corrected chi connectivity index (χ0v) is 16.0. The molecule has 0 aliphatic carbocycles. The number of unbranched alkanes of at least 4 members (excludes halogenated alkanes) is 3. The standard InChI is InChI=1S/C18H31N3O2S/c1-15(13-16-9-8-12-24-16)14-21-18(19-2)20-11-7-5-4-6-10-17(22)23-3/h8-9,12,15H,4-7,10-11,13-14H2,1-3H3,(H2,19,20,21). The molecule has 0 bridgehead atoms. The summed E-state index contributed by atoms with van der Waals surface area (Å²) in [5.41, 5.74) is 0. The smallest absolute Gasteiger partial charge is 0.305 e. The number of thiophene rings is 1. The van der Waals surface area contributed by atoms with E-state index in [0.717, 1.165) is 51.2 Å². The lowest BCUT2D eigenvalue weighted by Gasteiger charge is -2.15. The van der Waals surface area contributed by atoms with Gasteiger partial charge in [0.15, 0.2) is 5.96 Å². The number of rotatable bonds is 11. The van der Waals surface area contributed by atoms with Crippen molar-refractivity contribution in [3.05, 3.63) is 22.4 Å². The Morgan fingerprint density at radius 2 is 2.08 bits per heavy atom. The molecule has 0 aliphatic heterocycles. The fourth-order valence-electron chi connectivity index (χ4n) is 2.39. The highest BCUT2D eigenvalue weighted by atomic mass is 32.1. The second kappa shape index (κ2) is 12.8. The third kappa shape index (κ3) is 9.55. The molecule has 0 saturated heterocycles. The Labute approximate surface area is 149 Å². The molecule has 1 aromatic rings. The Bertz CT molecular complexity index is 475. The summed E-state index contributed by atoms with van der Waals surface area (Å²) in [5.74, 6) is 1.32. The Kier molecular flexibility index (Phi) is 10.9.